The van der Waals surface area contributed by atoms with Crippen molar-refractivity contribution in [2.75, 3.05) is 51.6 Å². The summed E-state index contributed by atoms with van der Waals surface area (Å²) >= 11 is 0. The van der Waals surface area contributed by atoms with Crippen LogP contribution in [0.25, 0.3) is 22.6 Å². The minimum absolute atomic E-state index is 0.0123. The lowest BCUT2D eigenvalue weighted by atomic mass is 10.2. The minimum atomic E-state index is -0.781. The van der Waals surface area contributed by atoms with E-state index >= 15 is 0 Å². The molecule has 0 spiro atoms. The van der Waals surface area contributed by atoms with Crippen molar-refractivity contribution in [3.63, 3.8) is 0 Å². The molecule has 2 aromatic heterocycles. The number of hydrogen-bond donors (Lipinski definition) is 1. The molecule has 4 aromatic rings. The van der Waals surface area contributed by atoms with E-state index in [0.29, 0.717) is 36.0 Å². The number of nitro groups is 1. The first-order valence-corrected chi connectivity index (χ1v) is 11.2. The average molecular weight is 513 g/mol. The standard InChI is InChI=1S/C24H26F2N8O3/c1-31(2)8-9-32(3)18-13-21(37-5)17(12-19(18)34(35)36)29-24-27-7-6-16(28-24)23-30-22-15(26)10-14(25)11-20(22)33(23)4/h6-7,10-13H,8-9H2,1-5H3,(H,27,28,29). The molecule has 194 valence electrons. The maximum absolute atomic E-state index is 14.3. The van der Waals surface area contributed by atoms with E-state index < -0.39 is 16.6 Å². The molecule has 1 N–H and O–H groups in total. The van der Waals surface area contributed by atoms with Gasteiger partial charge in [-0.05, 0) is 26.2 Å². The van der Waals surface area contributed by atoms with Crippen molar-refractivity contribution < 1.29 is 18.4 Å². The van der Waals surface area contributed by atoms with Crippen LogP contribution >= 0.6 is 0 Å². The van der Waals surface area contributed by atoms with Gasteiger partial charge in [-0.1, -0.05) is 0 Å². The van der Waals surface area contributed by atoms with Crippen LogP contribution < -0.4 is 15.0 Å². The quantitative estimate of drug-likeness (QED) is 0.263. The number of ether oxygens (including phenoxy) is 1. The second-order valence-electron chi connectivity index (χ2n) is 8.66. The fraction of sp³-hybridized carbons (Fsp3) is 0.292. The monoisotopic (exact) mass is 512 g/mol. The van der Waals surface area contributed by atoms with E-state index in [0.717, 1.165) is 6.07 Å². The fourth-order valence-electron chi connectivity index (χ4n) is 3.85. The minimum Gasteiger partial charge on any atom is -0.494 e. The Kier molecular flexibility index (Phi) is 7.16. The van der Waals surface area contributed by atoms with Gasteiger partial charge in [0, 0.05) is 51.6 Å². The number of aromatic nitrogens is 4. The first-order chi connectivity index (χ1) is 17.6. The van der Waals surface area contributed by atoms with Gasteiger partial charge in [-0.2, -0.15) is 0 Å². The Morgan fingerprint density at radius 3 is 2.57 bits per heavy atom. The van der Waals surface area contributed by atoms with Gasteiger partial charge in [0.15, 0.2) is 11.6 Å². The predicted octanol–water partition coefficient (Wildman–Crippen LogP) is 3.97. The third-order valence-corrected chi connectivity index (χ3v) is 5.82. The van der Waals surface area contributed by atoms with Gasteiger partial charge in [0.05, 0.1) is 23.2 Å². The van der Waals surface area contributed by atoms with E-state index in [9.17, 15) is 18.9 Å². The van der Waals surface area contributed by atoms with Crippen LogP contribution in [-0.2, 0) is 7.05 Å². The molecule has 11 nitrogen and oxygen atoms in total. The van der Waals surface area contributed by atoms with Crippen LogP contribution in [0, 0.1) is 21.7 Å². The van der Waals surface area contributed by atoms with Gasteiger partial charge in [0.25, 0.3) is 5.69 Å². The largest absolute Gasteiger partial charge is 0.494 e. The number of aryl methyl sites for hydroxylation is 1. The SMILES string of the molecule is COc1cc(N(C)CCN(C)C)c([N+](=O)[O-])cc1Nc1nccc(-c2nc3c(F)cc(F)cc3n2C)n1. The van der Waals surface area contributed by atoms with Gasteiger partial charge in [-0.3, -0.25) is 10.1 Å². The Morgan fingerprint density at radius 2 is 1.89 bits per heavy atom. The highest BCUT2D eigenvalue weighted by Crippen LogP contribution is 2.39. The van der Waals surface area contributed by atoms with E-state index in [4.69, 9.17) is 4.74 Å². The number of hydrogen-bond acceptors (Lipinski definition) is 9. The Morgan fingerprint density at radius 1 is 1.14 bits per heavy atom. The maximum atomic E-state index is 14.3. The van der Waals surface area contributed by atoms with Crippen LogP contribution in [0.1, 0.15) is 0 Å². The van der Waals surface area contributed by atoms with Gasteiger partial charge >= 0.3 is 0 Å². The number of nitrogens with one attached hydrogen (secondary N) is 1. The molecule has 0 aliphatic rings. The van der Waals surface area contributed by atoms with Gasteiger partial charge in [-0.25, -0.2) is 23.7 Å². The molecular formula is C24H26F2N8O3. The highest BCUT2D eigenvalue weighted by molar-refractivity contribution is 5.81. The highest BCUT2D eigenvalue weighted by atomic mass is 19.1. The van der Waals surface area contributed by atoms with Crippen molar-refractivity contribution in [1.82, 2.24) is 24.4 Å². The van der Waals surface area contributed by atoms with Gasteiger partial charge in [0.2, 0.25) is 5.95 Å². The second kappa shape index (κ2) is 10.3. The summed E-state index contributed by atoms with van der Waals surface area (Å²) in [7, 11) is 8.70. The van der Waals surface area contributed by atoms with Crippen molar-refractivity contribution in [1.29, 1.82) is 0 Å². The van der Waals surface area contributed by atoms with Crippen molar-refractivity contribution >= 4 is 34.0 Å². The molecule has 0 saturated heterocycles. The number of imidazole rings is 1. The Labute approximate surface area is 211 Å². The number of nitrogens with zero attached hydrogens (tertiary/aromatic N) is 7. The molecule has 0 aliphatic heterocycles. The first-order valence-electron chi connectivity index (χ1n) is 11.2. The zero-order valence-electron chi connectivity index (χ0n) is 21.0. The summed E-state index contributed by atoms with van der Waals surface area (Å²) in [5.41, 5.74) is 1.19. The fourth-order valence-corrected chi connectivity index (χ4v) is 3.85. The van der Waals surface area contributed by atoms with Crippen LogP contribution in [-0.4, -0.2) is 70.7 Å². The molecule has 0 bridgehead atoms. The van der Waals surface area contributed by atoms with E-state index in [1.165, 1.54) is 30.0 Å². The van der Waals surface area contributed by atoms with Crippen LogP contribution in [0.5, 0.6) is 5.75 Å². The number of anilines is 3. The summed E-state index contributed by atoms with van der Waals surface area (Å²) in [6.07, 6.45) is 1.46. The number of halogens is 2. The normalized spacial score (nSPS) is 11.2. The summed E-state index contributed by atoms with van der Waals surface area (Å²) in [6, 6.07) is 6.48. The van der Waals surface area contributed by atoms with Crippen molar-refractivity contribution in [3.8, 4) is 17.3 Å². The van der Waals surface area contributed by atoms with E-state index in [1.807, 2.05) is 19.0 Å². The molecule has 0 aliphatic carbocycles. The van der Waals surface area contributed by atoms with E-state index in [-0.39, 0.29) is 28.4 Å². The first kappa shape index (κ1) is 25.7. The zero-order valence-corrected chi connectivity index (χ0v) is 21.0. The molecule has 0 radical (unpaired) electrons. The molecule has 37 heavy (non-hydrogen) atoms. The predicted molar refractivity (Wildman–Crippen MR) is 136 cm³/mol. The Bertz CT molecular complexity index is 1470. The van der Waals surface area contributed by atoms with Crippen LogP contribution in [0.15, 0.2) is 36.5 Å². The molecule has 0 fully saturated rings. The molecule has 0 amide bonds. The Balaban J connectivity index is 1.71. The third-order valence-electron chi connectivity index (χ3n) is 5.82. The van der Waals surface area contributed by atoms with Gasteiger partial charge in [0.1, 0.15) is 28.5 Å². The zero-order chi connectivity index (χ0) is 26.9. The molecular weight excluding hydrogens is 486 g/mol. The second-order valence-corrected chi connectivity index (χ2v) is 8.66. The molecule has 0 atom stereocenters. The number of rotatable bonds is 9. The lowest BCUT2D eigenvalue weighted by Gasteiger charge is -2.22. The molecule has 2 heterocycles. The summed E-state index contributed by atoms with van der Waals surface area (Å²) in [5, 5.41) is 14.9. The highest BCUT2D eigenvalue weighted by Gasteiger charge is 2.23. The summed E-state index contributed by atoms with van der Waals surface area (Å²) < 4.78 is 35.0. The van der Waals surface area contributed by atoms with Crippen LogP contribution in [0.3, 0.4) is 0 Å². The summed E-state index contributed by atoms with van der Waals surface area (Å²) in [5.74, 6) is -0.740. The topological polar surface area (TPSA) is 114 Å². The summed E-state index contributed by atoms with van der Waals surface area (Å²) in [4.78, 5) is 28.1. The third kappa shape index (κ3) is 5.26. The number of methoxy groups -OCH3 is 1. The molecule has 13 heteroatoms. The average Bonchev–Trinajstić information content (AvgIpc) is 3.19. The number of benzene rings is 2. The molecule has 2 aromatic carbocycles. The Hall–Kier alpha value is -4.39. The van der Waals surface area contributed by atoms with Gasteiger partial charge < -0.3 is 24.4 Å². The van der Waals surface area contributed by atoms with E-state index in [2.05, 4.69) is 20.3 Å². The van der Waals surface area contributed by atoms with E-state index in [1.54, 1.807) is 31.1 Å². The number of likely N-dealkylation sites (N-methyl/N-ethyl adjacent to an activating group) is 2. The molecule has 0 saturated carbocycles. The molecule has 4 rings (SSSR count). The van der Waals surface area contributed by atoms with Crippen molar-refractivity contribution in [2.24, 2.45) is 7.05 Å². The lowest BCUT2D eigenvalue weighted by molar-refractivity contribution is -0.384. The van der Waals surface area contributed by atoms with Crippen molar-refractivity contribution in [2.45, 2.75) is 0 Å². The lowest BCUT2D eigenvalue weighted by Crippen LogP contribution is -2.28. The van der Waals surface area contributed by atoms with Gasteiger partial charge in [-0.15, -0.1) is 0 Å². The summed E-state index contributed by atoms with van der Waals surface area (Å²) in [6.45, 7) is 1.27. The number of fused-ring (bicyclic) bond motifs is 1. The maximum Gasteiger partial charge on any atom is 0.294 e. The molecule has 0 unspecified atom stereocenters. The number of nitro benzene ring substituents is 1. The van der Waals surface area contributed by atoms with Crippen LogP contribution in [0.2, 0.25) is 0 Å². The smallest absolute Gasteiger partial charge is 0.294 e. The van der Waals surface area contributed by atoms with Crippen LogP contribution in [0.4, 0.5) is 31.8 Å². The van der Waals surface area contributed by atoms with Crippen molar-refractivity contribution in [3.05, 3.63) is 58.3 Å².